The van der Waals surface area contributed by atoms with Gasteiger partial charge in [-0.25, -0.2) is 14.2 Å². The number of hydrogen-bond acceptors (Lipinski definition) is 5. The average Bonchev–Trinajstić information content (AvgIpc) is 3.04. The van der Waals surface area contributed by atoms with E-state index in [4.69, 9.17) is 5.11 Å². The summed E-state index contributed by atoms with van der Waals surface area (Å²) in [6.07, 6.45) is 2.02. The molecule has 0 bridgehead atoms. The van der Waals surface area contributed by atoms with Gasteiger partial charge < -0.3 is 10.4 Å². The lowest BCUT2D eigenvalue weighted by atomic mass is 10.0. The number of carbonyl (C=O) groups is 2. The molecule has 2 aromatic rings. The Bertz CT molecular complexity index is 735. The van der Waals surface area contributed by atoms with Crippen molar-refractivity contribution in [3.05, 3.63) is 41.2 Å². The van der Waals surface area contributed by atoms with Gasteiger partial charge in [0, 0.05) is 10.9 Å². The van der Waals surface area contributed by atoms with Gasteiger partial charge in [-0.15, -0.1) is 11.3 Å². The summed E-state index contributed by atoms with van der Waals surface area (Å²) in [4.78, 5) is 27.5. The molecule has 0 aliphatic carbocycles. The number of nitrogens with one attached hydrogen (secondary N) is 1. The van der Waals surface area contributed by atoms with Crippen LogP contribution in [0.3, 0.4) is 0 Å². The Morgan fingerprint density at radius 3 is 2.54 bits per heavy atom. The van der Waals surface area contributed by atoms with E-state index in [9.17, 15) is 14.0 Å². The summed E-state index contributed by atoms with van der Waals surface area (Å²) < 4.78 is 13.8. The van der Waals surface area contributed by atoms with E-state index < -0.39 is 17.9 Å². The Hall–Kier alpha value is -1.93. The molecule has 5 nitrogen and oxygen atoms in total. The van der Waals surface area contributed by atoms with E-state index in [1.54, 1.807) is 29.8 Å². The molecule has 2 N–H and O–H groups in total. The molecule has 0 saturated carbocycles. The first kappa shape index (κ1) is 22.1. The third kappa shape index (κ3) is 6.76. The van der Waals surface area contributed by atoms with Gasteiger partial charge >= 0.3 is 5.97 Å². The van der Waals surface area contributed by atoms with Gasteiger partial charge in [0.05, 0.1) is 12.1 Å². The molecular weight excluding hydrogens is 375 g/mol. The number of halogens is 1. The number of carbonyl (C=O) groups excluding carboxylic acids is 1. The zero-order valence-electron chi connectivity index (χ0n) is 14.9. The fourth-order valence-corrected chi connectivity index (χ4v) is 3.10. The van der Waals surface area contributed by atoms with E-state index >= 15 is 0 Å². The van der Waals surface area contributed by atoms with Crippen molar-refractivity contribution in [1.29, 1.82) is 0 Å². The molecule has 0 unspecified atom stereocenters. The monoisotopic (exact) mass is 398 g/mol. The predicted octanol–water partition coefficient (Wildman–Crippen LogP) is 3.65. The second kappa shape index (κ2) is 10.9. The zero-order chi connectivity index (χ0) is 19.7. The standard InChI is InChI=1S/C17H19FN2O3S.CH4S/c1-10(2)7-14(17(22)23)20-15(21)8-11-9-24-16(19-11)12-5-3-4-6-13(12)18;1-2/h3-6,9-10,14H,7-8H2,1-2H3,(H,20,21)(H,22,23);2H,1H3/t14-;/m0./s1. The average molecular weight is 399 g/mol. The second-order valence-corrected chi connectivity index (χ2v) is 6.75. The summed E-state index contributed by atoms with van der Waals surface area (Å²) in [5, 5.41) is 13.8. The molecule has 2 rings (SSSR count). The van der Waals surface area contributed by atoms with Gasteiger partial charge in [0.15, 0.2) is 0 Å². The molecule has 0 aliphatic rings. The summed E-state index contributed by atoms with van der Waals surface area (Å²) in [5.74, 6) is -1.68. The molecule has 0 saturated heterocycles. The van der Waals surface area contributed by atoms with Crippen LogP contribution in [0.2, 0.25) is 0 Å². The fraction of sp³-hybridized carbons (Fsp3) is 0.389. The van der Waals surface area contributed by atoms with Crippen LogP contribution in [-0.2, 0) is 16.0 Å². The van der Waals surface area contributed by atoms with Crippen LogP contribution in [0, 0.1) is 11.7 Å². The van der Waals surface area contributed by atoms with Gasteiger partial charge in [-0.3, -0.25) is 4.79 Å². The maximum atomic E-state index is 13.8. The van der Waals surface area contributed by atoms with Crippen molar-refractivity contribution in [2.24, 2.45) is 5.92 Å². The predicted molar refractivity (Wildman–Crippen MR) is 105 cm³/mol. The number of thiazole rings is 1. The number of carboxylic acids is 1. The molecule has 0 spiro atoms. The first-order valence-electron chi connectivity index (χ1n) is 8.03. The van der Waals surface area contributed by atoms with Crippen LogP contribution in [0.25, 0.3) is 10.6 Å². The number of rotatable bonds is 7. The second-order valence-electron chi connectivity index (χ2n) is 5.89. The Morgan fingerprint density at radius 2 is 1.96 bits per heavy atom. The number of aromatic nitrogens is 1. The van der Waals surface area contributed by atoms with Gasteiger partial charge in [0.1, 0.15) is 16.9 Å². The van der Waals surface area contributed by atoms with E-state index in [-0.39, 0.29) is 18.2 Å². The van der Waals surface area contributed by atoms with Crippen LogP contribution in [0.1, 0.15) is 26.0 Å². The van der Waals surface area contributed by atoms with Crippen molar-refractivity contribution in [3.63, 3.8) is 0 Å². The summed E-state index contributed by atoms with van der Waals surface area (Å²) in [6, 6.07) is 5.38. The van der Waals surface area contributed by atoms with E-state index in [2.05, 4.69) is 22.9 Å². The van der Waals surface area contributed by atoms with Gasteiger partial charge in [-0.1, -0.05) is 26.0 Å². The third-order valence-corrected chi connectivity index (χ3v) is 4.26. The molecule has 0 aliphatic heterocycles. The number of thiol groups is 1. The Labute approximate surface area is 162 Å². The molecule has 1 aromatic carbocycles. The van der Waals surface area contributed by atoms with Crippen LogP contribution >= 0.6 is 24.0 Å². The number of benzene rings is 1. The molecule has 1 aromatic heterocycles. The molecular formula is C18H23FN2O3S2. The third-order valence-electron chi connectivity index (χ3n) is 3.34. The highest BCUT2D eigenvalue weighted by Gasteiger charge is 2.21. The minimum atomic E-state index is -1.05. The lowest BCUT2D eigenvalue weighted by Gasteiger charge is -2.16. The lowest BCUT2D eigenvalue weighted by Crippen LogP contribution is -2.42. The largest absolute Gasteiger partial charge is 0.480 e. The Balaban J connectivity index is 0.00000163. The normalized spacial score (nSPS) is 11.5. The fourth-order valence-electron chi connectivity index (χ4n) is 2.25. The van der Waals surface area contributed by atoms with Crippen LogP contribution in [0.5, 0.6) is 0 Å². The van der Waals surface area contributed by atoms with Crippen LogP contribution < -0.4 is 5.32 Å². The first-order chi connectivity index (χ1) is 12.4. The first-order valence-corrected chi connectivity index (χ1v) is 9.80. The Kier molecular flexibility index (Phi) is 9.29. The molecule has 8 heteroatoms. The number of amides is 1. The van der Waals surface area contributed by atoms with E-state index in [0.29, 0.717) is 22.7 Å². The lowest BCUT2D eigenvalue weighted by molar-refractivity contribution is -0.142. The summed E-state index contributed by atoms with van der Waals surface area (Å²) in [5.41, 5.74) is 0.877. The highest BCUT2D eigenvalue weighted by atomic mass is 32.1. The van der Waals surface area contributed by atoms with Gasteiger partial charge in [0.2, 0.25) is 5.91 Å². The zero-order valence-corrected chi connectivity index (χ0v) is 16.6. The van der Waals surface area contributed by atoms with Crippen molar-refractivity contribution in [2.75, 3.05) is 6.26 Å². The van der Waals surface area contributed by atoms with E-state index in [0.717, 1.165) is 0 Å². The summed E-state index contributed by atoms with van der Waals surface area (Å²) in [7, 11) is 0. The minimum Gasteiger partial charge on any atom is -0.480 e. The molecule has 26 heavy (non-hydrogen) atoms. The SMILES string of the molecule is CC(C)C[C@H](NC(=O)Cc1csc(-c2ccccc2F)n1)C(=O)O.CS. The summed E-state index contributed by atoms with van der Waals surface area (Å²) >= 11 is 4.77. The molecule has 0 fully saturated rings. The quantitative estimate of drug-likeness (QED) is 0.622. The molecule has 1 amide bonds. The molecule has 142 valence electrons. The van der Waals surface area contributed by atoms with Crippen LogP contribution in [-0.4, -0.2) is 34.3 Å². The number of aliphatic carboxylic acids is 1. The van der Waals surface area contributed by atoms with Gasteiger partial charge in [-0.05, 0) is 30.7 Å². The Morgan fingerprint density at radius 1 is 1.31 bits per heavy atom. The summed E-state index contributed by atoms with van der Waals surface area (Å²) in [6.45, 7) is 3.78. The van der Waals surface area contributed by atoms with Crippen molar-refractivity contribution in [1.82, 2.24) is 10.3 Å². The maximum Gasteiger partial charge on any atom is 0.326 e. The highest BCUT2D eigenvalue weighted by molar-refractivity contribution is 7.79. The van der Waals surface area contributed by atoms with E-state index in [1.165, 1.54) is 17.4 Å². The van der Waals surface area contributed by atoms with Crippen molar-refractivity contribution < 1.29 is 19.1 Å². The highest BCUT2D eigenvalue weighted by Crippen LogP contribution is 2.26. The van der Waals surface area contributed by atoms with Gasteiger partial charge in [-0.2, -0.15) is 12.6 Å². The topological polar surface area (TPSA) is 79.3 Å². The van der Waals surface area contributed by atoms with E-state index in [1.807, 2.05) is 13.8 Å². The number of nitrogens with zero attached hydrogens (tertiary/aromatic N) is 1. The van der Waals surface area contributed by atoms with Crippen molar-refractivity contribution in [2.45, 2.75) is 32.7 Å². The van der Waals surface area contributed by atoms with Crippen LogP contribution in [0.4, 0.5) is 4.39 Å². The van der Waals surface area contributed by atoms with Gasteiger partial charge in [0.25, 0.3) is 0 Å². The molecule has 0 radical (unpaired) electrons. The molecule has 1 heterocycles. The van der Waals surface area contributed by atoms with Crippen molar-refractivity contribution >= 4 is 35.8 Å². The van der Waals surface area contributed by atoms with Crippen molar-refractivity contribution in [3.8, 4) is 10.6 Å². The minimum absolute atomic E-state index is 0.0349. The number of hydrogen-bond donors (Lipinski definition) is 3. The maximum absolute atomic E-state index is 13.8. The van der Waals surface area contributed by atoms with Crippen LogP contribution in [0.15, 0.2) is 29.6 Å². The molecule has 1 atom stereocenters. The number of carboxylic acid groups (broad SMARTS) is 1. The smallest absolute Gasteiger partial charge is 0.326 e.